The van der Waals surface area contributed by atoms with Crippen LogP contribution in [0.15, 0.2) is 54.6 Å². The molecule has 0 spiro atoms. The third kappa shape index (κ3) is 4.44. The minimum atomic E-state index is -0.502. The average Bonchev–Trinajstić information content (AvgIpc) is 2.92. The van der Waals surface area contributed by atoms with Crippen molar-refractivity contribution in [2.45, 2.75) is 51.4 Å². The summed E-state index contributed by atoms with van der Waals surface area (Å²) in [6.07, 6.45) is 5.25. The van der Waals surface area contributed by atoms with Gasteiger partial charge in [0.25, 0.3) is 0 Å². The molecule has 2 aromatic carbocycles. The smallest absolute Gasteiger partial charge is 0.117 e. The van der Waals surface area contributed by atoms with Crippen molar-refractivity contribution in [1.82, 2.24) is 4.90 Å². The fourth-order valence-electron chi connectivity index (χ4n) is 3.70. The fourth-order valence-corrected chi connectivity index (χ4v) is 3.83. The van der Waals surface area contributed by atoms with Crippen molar-refractivity contribution in [2.24, 2.45) is 0 Å². The molecular weight excluding hydrogens is 330 g/mol. The Kier molecular flexibility index (Phi) is 6.16. The summed E-state index contributed by atoms with van der Waals surface area (Å²) in [6, 6.07) is 18.5. The molecule has 0 radical (unpaired) electrons. The SMILES string of the molecule is CC(OC(C)(c1ccccc1)c1ccc(Cl)cc1)N1CCCCCC1. The minimum Gasteiger partial charge on any atom is -0.348 e. The number of rotatable bonds is 5. The zero-order chi connectivity index (χ0) is 17.7. The van der Waals surface area contributed by atoms with Crippen molar-refractivity contribution in [3.8, 4) is 0 Å². The van der Waals surface area contributed by atoms with Gasteiger partial charge in [-0.15, -0.1) is 0 Å². The van der Waals surface area contributed by atoms with Crippen LogP contribution >= 0.6 is 11.6 Å². The molecular formula is C22H28ClNO. The Balaban J connectivity index is 1.89. The summed E-state index contributed by atoms with van der Waals surface area (Å²) < 4.78 is 6.73. The van der Waals surface area contributed by atoms with Gasteiger partial charge in [-0.05, 0) is 49.9 Å². The van der Waals surface area contributed by atoms with Gasteiger partial charge in [0.15, 0.2) is 0 Å². The fraction of sp³-hybridized carbons (Fsp3) is 0.455. The van der Waals surface area contributed by atoms with Gasteiger partial charge in [0.2, 0.25) is 0 Å². The topological polar surface area (TPSA) is 12.5 Å². The first-order chi connectivity index (χ1) is 12.1. The van der Waals surface area contributed by atoms with Crippen molar-refractivity contribution >= 4 is 11.6 Å². The number of ether oxygens (including phenoxy) is 1. The number of halogens is 1. The number of nitrogens with zero attached hydrogens (tertiary/aromatic N) is 1. The standard InChI is InChI=1S/C22H28ClNO/c1-18(24-16-8-3-4-9-17-24)25-22(2,19-10-6-5-7-11-19)20-12-14-21(23)15-13-20/h5-7,10-15,18H,3-4,8-9,16-17H2,1-2H3. The summed E-state index contributed by atoms with van der Waals surface area (Å²) in [5, 5.41) is 0.750. The molecule has 3 heteroatoms. The molecule has 1 heterocycles. The summed E-state index contributed by atoms with van der Waals surface area (Å²) in [7, 11) is 0. The summed E-state index contributed by atoms with van der Waals surface area (Å²) in [5.41, 5.74) is 1.79. The largest absolute Gasteiger partial charge is 0.348 e. The van der Waals surface area contributed by atoms with Gasteiger partial charge in [-0.25, -0.2) is 0 Å². The van der Waals surface area contributed by atoms with Crippen molar-refractivity contribution < 1.29 is 4.74 Å². The van der Waals surface area contributed by atoms with Crippen molar-refractivity contribution in [1.29, 1.82) is 0 Å². The Morgan fingerprint density at radius 2 is 1.44 bits per heavy atom. The molecule has 134 valence electrons. The van der Waals surface area contributed by atoms with Crippen molar-refractivity contribution in [2.75, 3.05) is 13.1 Å². The molecule has 0 N–H and O–H groups in total. The molecule has 1 aliphatic rings. The zero-order valence-electron chi connectivity index (χ0n) is 15.2. The van der Waals surface area contributed by atoms with E-state index in [4.69, 9.17) is 16.3 Å². The lowest BCUT2D eigenvalue weighted by molar-refractivity contribution is -0.124. The third-order valence-electron chi connectivity index (χ3n) is 5.28. The molecule has 1 fully saturated rings. The third-order valence-corrected chi connectivity index (χ3v) is 5.53. The maximum Gasteiger partial charge on any atom is 0.117 e. The van der Waals surface area contributed by atoms with Crippen LogP contribution in [0, 0.1) is 0 Å². The van der Waals surface area contributed by atoms with E-state index in [1.165, 1.54) is 31.2 Å². The van der Waals surface area contributed by atoms with E-state index < -0.39 is 5.60 Å². The minimum absolute atomic E-state index is 0.0685. The highest BCUT2D eigenvalue weighted by molar-refractivity contribution is 6.30. The van der Waals surface area contributed by atoms with Crippen LogP contribution in [0.25, 0.3) is 0 Å². The van der Waals surface area contributed by atoms with Crippen LogP contribution < -0.4 is 0 Å². The van der Waals surface area contributed by atoms with E-state index in [0.29, 0.717) is 0 Å². The van der Waals surface area contributed by atoms with Crippen LogP contribution in [0.4, 0.5) is 0 Å². The summed E-state index contributed by atoms with van der Waals surface area (Å²) in [6.45, 7) is 6.58. The lowest BCUT2D eigenvalue weighted by Crippen LogP contribution is -2.42. The Morgan fingerprint density at radius 3 is 2.04 bits per heavy atom. The molecule has 25 heavy (non-hydrogen) atoms. The van der Waals surface area contributed by atoms with Crippen molar-refractivity contribution in [3.63, 3.8) is 0 Å². The van der Waals surface area contributed by atoms with E-state index in [2.05, 4.69) is 55.1 Å². The Morgan fingerprint density at radius 1 is 0.880 bits per heavy atom. The first kappa shape index (κ1) is 18.4. The Bertz CT molecular complexity index is 649. The van der Waals surface area contributed by atoms with Gasteiger partial charge in [-0.3, -0.25) is 4.90 Å². The molecule has 2 nitrogen and oxygen atoms in total. The lowest BCUT2D eigenvalue weighted by Gasteiger charge is -2.38. The van der Waals surface area contributed by atoms with Gasteiger partial charge >= 0.3 is 0 Å². The quantitative estimate of drug-likeness (QED) is 0.666. The molecule has 0 aliphatic carbocycles. The highest BCUT2D eigenvalue weighted by atomic mass is 35.5. The lowest BCUT2D eigenvalue weighted by atomic mass is 9.88. The molecule has 2 aromatic rings. The molecule has 3 rings (SSSR count). The van der Waals surface area contributed by atoms with Gasteiger partial charge in [-0.1, -0.05) is 66.9 Å². The van der Waals surface area contributed by atoms with E-state index in [-0.39, 0.29) is 6.23 Å². The van der Waals surface area contributed by atoms with E-state index >= 15 is 0 Å². The summed E-state index contributed by atoms with van der Waals surface area (Å²) in [5.74, 6) is 0. The first-order valence-electron chi connectivity index (χ1n) is 9.33. The number of hydrogen-bond donors (Lipinski definition) is 0. The normalized spacial score (nSPS) is 19.8. The van der Waals surface area contributed by atoms with Gasteiger partial charge in [0.1, 0.15) is 11.8 Å². The van der Waals surface area contributed by atoms with E-state index in [1.54, 1.807) is 0 Å². The van der Waals surface area contributed by atoms with Crippen LogP contribution in [0.3, 0.4) is 0 Å². The highest BCUT2D eigenvalue weighted by Crippen LogP contribution is 2.35. The number of hydrogen-bond acceptors (Lipinski definition) is 2. The Labute approximate surface area is 156 Å². The van der Waals surface area contributed by atoms with Gasteiger partial charge in [0.05, 0.1) is 0 Å². The maximum absolute atomic E-state index is 6.73. The van der Waals surface area contributed by atoms with E-state index in [0.717, 1.165) is 23.7 Å². The maximum atomic E-state index is 6.73. The molecule has 1 saturated heterocycles. The average molecular weight is 358 g/mol. The molecule has 0 saturated carbocycles. The first-order valence-corrected chi connectivity index (χ1v) is 9.71. The van der Waals surface area contributed by atoms with E-state index in [1.807, 2.05) is 18.2 Å². The van der Waals surface area contributed by atoms with Crippen LogP contribution in [-0.2, 0) is 10.3 Å². The molecule has 0 aromatic heterocycles. The van der Waals surface area contributed by atoms with Crippen molar-refractivity contribution in [3.05, 3.63) is 70.7 Å². The van der Waals surface area contributed by atoms with Crippen LogP contribution in [0.5, 0.6) is 0 Å². The van der Waals surface area contributed by atoms with E-state index in [9.17, 15) is 0 Å². The van der Waals surface area contributed by atoms with Gasteiger partial charge in [-0.2, -0.15) is 0 Å². The second-order valence-electron chi connectivity index (χ2n) is 7.07. The van der Waals surface area contributed by atoms with Gasteiger partial charge in [0, 0.05) is 18.1 Å². The molecule has 0 bridgehead atoms. The monoisotopic (exact) mass is 357 g/mol. The Hall–Kier alpha value is -1.35. The molecule has 1 aliphatic heterocycles. The number of benzene rings is 2. The second-order valence-corrected chi connectivity index (χ2v) is 7.51. The number of likely N-dealkylation sites (tertiary alicyclic amines) is 1. The predicted octanol–water partition coefficient (Wildman–Crippen LogP) is 5.84. The molecule has 0 amide bonds. The van der Waals surface area contributed by atoms with Crippen LogP contribution in [0.1, 0.15) is 50.7 Å². The van der Waals surface area contributed by atoms with Gasteiger partial charge < -0.3 is 4.74 Å². The predicted molar refractivity (Wildman–Crippen MR) is 105 cm³/mol. The zero-order valence-corrected chi connectivity index (χ0v) is 16.0. The second kappa shape index (κ2) is 8.35. The highest BCUT2D eigenvalue weighted by Gasteiger charge is 2.33. The molecule has 2 atom stereocenters. The summed E-state index contributed by atoms with van der Waals surface area (Å²) in [4.78, 5) is 2.48. The summed E-state index contributed by atoms with van der Waals surface area (Å²) >= 11 is 6.10. The molecule has 2 unspecified atom stereocenters. The van der Waals surface area contributed by atoms with Crippen LogP contribution in [-0.4, -0.2) is 24.2 Å². The van der Waals surface area contributed by atoms with Crippen LogP contribution in [0.2, 0.25) is 5.02 Å².